The lowest BCUT2D eigenvalue weighted by Gasteiger charge is -2.15. The molecule has 114 valence electrons. The molecule has 2 aromatic carbocycles. The largest absolute Gasteiger partial charge is 0.507 e. The molecule has 0 bridgehead atoms. The van der Waals surface area contributed by atoms with Crippen molar-refractivity contribution < 1.29 is 15.0 Å². The number of benzene rings is 2. The molecule has 0 aliphatic heterocycles. The van der Waals surface area contributed by atoms with Crippen molar-refractivity contribution in [2.45, 2.75) is 13.8 Å². The van der Waals surface area contributed by atoms with Crippen molar-refractivity contribution in [2.75, 3.05) is 6.54 Å². The van der Waals surface area contributed by atoms with E-state index in [2.05, 4.69) is 11.9 Å². The second kappa shape index (κ2) is 6.35. The van der Waals surface area contributed by atoms with E-state index >= 15 is 0 Å². The molecule has 0 saturated carbocycles. The maximum atomic E-state index is 12.2. The van der Waals surface area contributed by atoms with Gasteiger partial charge in [-0.3, -0.25) is 4.79 Å². The Balaban J connectivity index is 2.61. The predicted molar refractivity (Wildman–Crippen MR) is 87.2 cm³/mol. The average molecular weight is 297 g/mol. The SMILES string of the molecule is C=CCNC(=O)c1c(C)cc(O)c(-c2cccc(C)c2)c1O. The van der Waals surface area contributed by atoms with Crippen LogP contribution in [0.1, 0.15) is 21.5 Å². The molecule has 0 heterocycles. The number of nitrogens with one attached hydrogen (secondary N) is 1. The summed E-state index contributed by atoms with van der Waals surface area (Å²) in [7, 11) is 0. The molecule has 0 atom stereocenters. The van der Waals surface area contributed by atoms with Gasteiger partial charge in [0.05, 0.1) is 11.1 Å². The Hall–Kier alpha value is -2.75. The molecular formula is C18H19NO3. The lowest BCUT2D eigenvalue weighted by molar-refractivity contribution is 0.0955. The first-order valence-corrected chi connectivity index (χ1v) is 6.97. The van der Waals surface area contributed by atoms with Gasteiger partial charge >= 0.3 is 0 Å². The summed E-state index contributed by atoms with van der Waals surface area (Å²) in [6, 6.07) is 8.86. The maximum Gasteiger partial charge on any atom is 0.255 e. The van der Waals surface area contributed by atoms with E-state index in [-0.39, 0.29) is 22.6 Å². The normalized spacial score (nSPS) is 10.3. The maximum absolute atomic E-state index is 12.2. The van der Waals surface area contributed by atoms with Gasteiger partial charge in [-0.2, -0.15) is 0 Å². The van der Waals surface area contributed by atoms with Gasteiger partial charge in [0.25, 0.3) is 5.91 Å². The standard InChI is InChI=1S/C18H19NO3/c1-4-8-19-18(22)15-12(3)10-14(20)16(17(15)21)13-7-5-6-11(2)9-13/h4-7,9-10,20-21H,1,8H2,2-3H3,(H,19,22). The van der Waals surface area contributed by atoms with Crippen molar-refractivity contribution in [2.24, 2.45) is 0 Å². The number of carbonyl (C=O) groups excluding carboxylic acids is 1. The molecule has 0 fully saturated rings. The highest BCUT2D eigenvalue weighted by molar-refractivity contribution is 6.01. The molecule has 2 aromatic rings. The minimum Gasteiger partial charge on any atom is -0.507 e. The zero-order chi connectivity index (χ0) is 16.3. The highest BCUT2D eigenvalue weighted by Crippen LogP contribution is 2.41. The molecule has 0 saturated heterocycles. The van der Waals surface area contributed by atoms with E-state index in [1.54, 1.807) is 19.1 Å². The van der Waals surface area contributed by atoms with Crippen LogP contribution >= 0.6 is 0 Å². The van der Waals surface area contributed by atoms with Crippen molar-refractivity contribution in [3.63, 3.8) is 0 Å². The van der Waals surface area contributed by atoms with E-state index < -0.39 is 5.91 Å². The second-order valence-electron chi connectivity index (χ2n) is 5.18. The molecule has 0 aromatic heterocycles. The number of aryl methyl sites for hydroxylation is 2. The van der Waals surface area contributed by atoms with Crippen LogP contribution < -0.4 is 5.32 Å². The Morgan fingerprint density at radius 2 is 2.00 bits per heavy atom. The third kappa shape index (κ3) is 2.96. The van der Waals surface area contributed by atoms with Gasteiger partial charge in [0.1, 0.15) is 11.5 Å². The molecule has 0 spiro atoms. The van der Waals surface area contributed by atoms with Crippen LogP contribution in [0.25, 0.3) is 11.1 Å². The fourth-order valence-corrected chi connectivity index (χ4v) is 2.41. The summed E-state index contributed by atoms with van der Waals surface area (Å²) in [6.07, 6.45) is 1.56. The smallest absolute Gasteiger partial charge is 0.255 e. The molecule has 3 N–H and O–H groups in total. The lowest BCUT2D eigenvalue weighted by Crippen LogP contribution is -2.24. The van der Waals surface area contributed by atoms with Crippen LogP contribution in [0.4, 0.5) is 0 Å². The van der Waals surface area contributed by atoms with Gasteiger partial charge in [0.15, 0.2) is 0 Å². The fourth-order valence-electron chi connectivity index (χ4n) is 2.41. The molecule has 1 amide bonds. The molecular weight excluding hydrogens is 278 g/mol. The van der Waals surface area contributed by atoms with Gasteiger partial charge in [-0.1, -0.05) is 35.9 Å². The Kier molecular flexibility index (Phi) is 4.51. The first-order chi connectivity index (χ1) is 10.5. The molecule has 0 aliphatic rings. The summed E-state index contributed by atoms with van der Waals surface area (Å²) in [4.78, 5) is 12.2. The van der Waals surface area contributed by atoms with Crippen molar-refractivity contribution in [1.82, 2.24) is 5.32 Å². The van der Waals surface area contributed by atoms with Crippen molar-refractivity contribution in [1.29, 1.82) is 0 Å². The number of carbonyl (C=O) groups is 1. The van der Waals surface area contributed by atoms with Crippen LogP contribution in [0.2, 0.25) is 0 Å². The monoisotopic (exact) mass is 297 g/mol. The highest BCUT2D eigenvalue weighted by Gasteiger charge is 2.21. The van der Waals surface area contributed by atoms with E-state index in [1.807, 2.05) is 25.1 Å². The third-order valence-corrected chi connectivity index (χ3v) is 3.42. The summed E-state index contributed by atoms with van der Waals surface area (Å²) < 4.78 is 0. The number of phenols is 2. The molecule has 0 radical (unpaired) electrons. The van der Waals surface area contributed by atoms with Gasteiger partial charge in [0.2, 0.25) is 0 Å². The Labute approximate surface area is 129 Å². The molecule has 0 aliphatic carbocycles. The van der Waals surface area contributed by atoms with Crippen LogP contribution in [0.15, 0.2) is 43.0 Å². The predicted octanol–water partition coefficient (Wildman–Crippen LogP) is 3.30. The zero-order valence-electron chi connectivity index (χ0n) is 12.7. The van der Waals surface area contributed by atoms with Gasteiger partial charge < -0.3 is 15.5 Å². The van der Waals surface area contributed by atoms with Gasteiger partial charge in [-0.15, -0.1) is 6.58 Å². The Morgan fingerprint density at radius 1 is 1.27 bits per heavy atom. The number of phenolic OH excluding ortho intramolecular Hbond substituents is 2. The fraction of sp³-hybridized carbons (Fsp3) is 0.167. The highest BCUT2D eigenvalue weighted by atomic mass is 16.3. The van der Waals surface area contributed by atoms with E-state index in [1.165, 1.54) is 6.07 Å². The third-order valence-electron chi connectivity index (χ3n) is 3.42. The summed E-state index contributed by atoms with van der Waals surface area (Å²) in [6.45, 7) is 7.44. The molecule has 4 heteroatoms. The van der Waals surface area contributed by atoms with E-state index in [4.69, 9.17) is 0 Å². The topological polar surface area (TPSA) is 69.6 Å². The summed E-state index contributed by atoms with van der Waals surface area (Å²) in [5.41, 5.74) is 2.59. The number of hydrogen-bond donors (Lipinski definition) is 3. The first kappa shape index (κ1) is 15.6. The lowest BCUT2D eigenvalue weighted by atomic mass is 9.95. The average Bonchev–Trinajstić information content (AvgIpc) is 2.44. The summed E-state index contributed by atoms with van der Waals surface area (Å²) in [5.74, 6) is -0.672. The summed E-state index contributed by atoms with van der Waals surface area (Å²) in [5, 5.41) is 23.3. The number of hydrogen-bond acceptors (Lipinski definition) is 3. The summed E-state index contributed by atoms with van der Waals surface area (Å²) >= 11 is 0. The first-order valence-electron chi connectivity index (χ1n) is 6.97. The number of rotatable bonds is 4. The van der Waals surface area contributed by atoms with Crippen LogP contribution in [0.3, 0.4) is 0 Å². The van der Waals surface area contributed by atoms with Crippen LogP contribution in [-0.2, 0) is 0 Å². The Morgan fingerprint density at radius 3 is 2.64 bits per heavy atom. The van der Waals surface area contributed by atoms with E-state index in [9.17, 15) is 15.0 Å². The number of aromatic hydroxyl groups is 2. The van der Waals surface area contributed by atoms with Crippen molar-refractivity contribution in [3.8, 4) is 22.6 Å². The minimum absolute atomic E-state index is 0.0547. The second-order valence-corrected chi connectivity index (χ2v) is 5.18. The molecule has 2 rings (SSSR count). The molecule has 0 unspecified atom stereocenters. The van der Waals surface area contributed by atoms with E-state index in [0.717, 1.165) is 5.56 Å². The van der Waals surface area contributed by atoms with Crippen molar-refractivity contribution in [3.05, 3.63) is 59.7 Å². The van der Waals surface area contributed by atoms with Crippen LogP contribution in [0.5, 0.6) is 11.5 Å². The molecule has 4 nitrogen and oxygen atoms in total. The van der Waals surface area contributed by atoms with Crippen molar-refractivity contribution >= 4 is 5.91 Å². The van der Waals surface area contributed by atoms with Gasteiger partial charge in [-0.05, 0) is 31.0 Å². The van der Waals surface area contributed by atoms with Gasteiger partial charge in [-0.25, -0.2) is 0 Å². The number of amides is 1. The Bertz CT molecular complexity index is 735. The zero-order valence-corrected chi connectivity index (χ0v) is 12.7. The minimum atomic E-state index is -0.399. The quantitative estimate of drug-likeness (QED) is 0.758. The van der Waals surface area contributed by atoms with Crippen LogP contribution in [-0.4, -0.2) is 22.7 Å². The van der Waals surface area contributed by atoms with E-state index in [0.29, 0.717) is 17.7 Å². The van der Waals surface area contributed by atoms with Gasteiger partial charge in [0, 0.05) is 6.54 Å². The molecule has 22 heavy (non-hydrogen) atoms. The van der Waals surface area contributed by atoms with Crippen LogP contribution in [0, 0.1) is 13.8 Å².